The Morgan fingerprint density at radius 2 is 1.00 bits per heavy atom. The van der Waals surface area contributed by atoms with Gasteiger partial charge in [-0.25, -0.2) is 9.97 Å². The number of hydrogen-bond acceptors (Lipinski definition) is 6. The van der Waals surface area contributed by atoms with Gasteiger partial charge in [-0.1, -0.05) is 121 Å². The summed E-state index contributed by atoms with van der Waals surface area (Å²) in [7, 11) is -1.38. The average molecular weight is 679 g/mol. The summed E-state index contributed by atoms with van der Waals surface area (Å²) >= 11 is 8.98. The molecule has 0 amide bonds. The standard InChI is InChI=1S/C20H13NS.C13H11BO2.C7H4ClNS/c1-2-7-14-13(6-1)12-17-15(14)8-5-9-16(17)20-21-18-10-3-4-11-19(18)22-20;15-14(16)13-7-3-6-11-10-5-2-1-4-9(10)8-12(11)13;8-7-9-5-3-1-2-4-6(5)10-7/h1-11H,12H2;1-7,15-16H,8H2;1-4H. The van der Waals surface area contributed by atoms with Gasteiger partial charge in [-0.05, 0) is 87.1 Å². The fourth-order valence-corrected chi connectivity index (χ4v) is 8.66. The Balaban J connectivity index is 0.000000113. The van der Waals surface area contributed by atoms with Crippen LogP contribution in [0, 0.1) is 0 Å². The van der Waals surface area contributed by atoms with Crippen molar-refractivity contribution < 1.29 is 10.0 Å². The molecule has 0 aliphatic heterocycles. The summed E-state index contributed by atoms with van der Waals surface area (Å²) in [5.41, 5.74) is 14.2. The summed E-state index contributed by atoms with van der Waals surface area (Å²) in [4.78, 5) is 8.94. The molecule has 0 saturated carbocycles. The maximum atomic E-state index is 9.32. The van der Waals surface area contributed by atoms with Gasteiger partial charge in [-0.15, -0.1) is 22.7 Å². The maximum Gasteiger partial charge on any atom is 0.488 e. The number of halogens is 1. The van der Waals surface area contributed by atoms with Crippen LogP contribution < -0.4 is 5.46 Å². The minimum Gasteiger partial charge on any atom is -0.423 e. The third-order valence-electron chi connectivity index (χ3n) is 8.81. The van der Waals surface area contributed by atoms with Crippen LogP contribution in [0.25, 0.3) is 53.3 Å². The summed E-state index contributed by atoms with van der Waals surface area (Å²) in [5, 5.41) is 19.8. The molecule has 0 fully saturated rings. The Morgan fingerprint density at radius 3 is 1.65 bits per heavy atom. The fourth-order valence-electron chi connectivity index (χ4n) is 6.61. The molecule has 6 aromatic carbocycles. The first-order valence-electron chi connectivity index (χ1n) is 15.7. The summed E-state index contributed by atoms with van der Waals surface area (Å²) in [5.74, 6) is 0. The number of thiazole rings is 2. The van der Waals surface area contributed by atoms with Gasteiger partial charge < -0.3 is 10.0 Å². The maximum absolute atomic E-state index is 9.32. The summed E-state index contributed by atoms with van der Waals surface area (Å²) in [6, 6.07) is 45.5. The van der Waals surface area contributed by atoms with Crippen LogP contribution in [0.15, 0.2) is 133 Å². The van der Waals surface area contributed by atoms with E-state index in [-0.39, 0.29) is 0 Å². The van der Waals surface area contributed by atoms with E-state index in [1.54, 1.807) is 17.4 Å². The predicted octanol–water partition coefficient (Wildman–Crippen LogP) is 9.42. The first kappa shape index (κ1) is 30.7. The summed E-state index contributed by atoms with van der Waals surface area (Å²) < 4.78 is 3.01. The van der Waals surface area contributed by atoms with E-state index in [1.807, 2.05) is 48.5 Å². The van der Waals surface area contributed by atoms with Crippen molar-refractivity contribution in [3.8, 4) is 32.8 Å². The molecule has 2 N–H and O–H groups in total. The van der Waals surface area contributed by atoms with E-state index in [1.165, 1.54) is 55.0 Å². The number of fused-ring (bicyclic) bond motifs is 8. The lowest BCUT2D eigenvalue weighted by Gasteiger charge is -2.06. The fraction of sp³-hybridized carbons (Fsp3) is 0.0500. The van der Waals surface area contributed by atoms with Crippen molar-refractivity contribution in [1.82, 2.24) is 9.97 Å². The quantitative estimate of drug-likeness (QED) is 0.179. The number of rotatable bonds is 2. The molecule has 0 spiro atoms. The Kier molecular flexibility index (Phi) is 8.39. The van der Waals surface area contributed by atoms with Gasteiger partial charge in [0.25, 0.3) is 0 Å². The van der Waals surface area contributed by atoms with E-state index in [4.69, 9.17) is 16.6 Å². The Morgan fingerprint density at radius 1 is 0.500 bits per heavy atom. The molecule has 4 nitrogen and oxygen atoms in total. The van der Waals surface area contributed by atoms with Crippen LogP contribution in [-0.4, -0.2) is 27.1 Å². The monoisotopic (exact) mass is 678 g/mol. The van der Waals surface area contributed by atoms with E-state index in [2.05, 4.69) is 83.8 Å². The van der Waals surface area contributed by atoms with Crippen molar-refractivity contribution in [2.75, 3.05) is 0 Å². The highest BCUT2D eigenvalue weighted by molar-refractivity contribution is 7.22. The Hall–Kier alpha value is -4.63. The molecule has 0 unspecified atom stereocenters. The van der Waals surface area contributed by atoms with E-state index >= 15 is 0 Å². The smallest absolute Gasteiger partial charge is 0.423 e. The molecule has 0 atom stereocenters. The van der Waals surface area contributed by atoms with E-state index in [0.717, 1.165) is 44.7 Å². The van der Waals surface area contributed by atoms with Crippen LogP contribution >= 0.6 is 34.3 Å². The molecule has 8 aromatic rings. The third-order valence-corrected chi connectivity index (χ3v) is 11.0. The predicted molar refractivity (Wildman–Crippen MR) is 202 cm³/mol. The van der Waals surface area contributed by atoms with Gasteiger partial charge in [0.1, 0.15) is 5.01 Å². The zero-order valence-corrected chi connectivity index (χ0v) is 28.1. The highest BCUT2D eigenvalue weighted by atomic mass is 35.5. The molecule has 0 radical (unpaired) electrons. The largest absolute Gasteiger partial charge is 0.488 e. The van der Waals surface area contributed by atoms with Crippen LogP contribution in [0.5, 0.6) is 0 Å². The van der Waals surface area contributed by atoms with Crippen LogP contribution in [0.1, 0.15) is 22.3 Å². The van der Waals surface area contributed by atoms with Crippen LogP contribution in [0.3, 0.4) is 0 Å². The lowest BCUT2D eigenvalue weighted by atomic mass is 9.76. The zero-order valence-electron chi connectivity index (χ0n) is 25.7. The molecule has 2 aliphatic carbocycles. The van der Waals surface area contributed by atoms with E-state index in [9.17, 15) is 10.0 Å². The zero-order chi connectivity index (χ0) is 32.6. The highest BCUT2D eigenvalue weighted by Gasteiger charge is 2.25. The topological polar surface area (TPSA) is 66.2 Å². The second-order valence-electron chi connectivity index (χ2n) is 11.7. The number of aromatic nitrogens is 2. The van der Waals surface area contributed by atoms with Gasteiger partial charge in [0, 0.05) is 5.56 Å². The normalized spacial score (nSPS) is 11.9. The Bertz CT molecular complexity index is 2370. The second kappa shape index (κ2) is 13.1. The van der Waals surface area contributed by atoms with E-state index < -0.39 is 7.12 Å². The van der Waals surface area contributed by atoms with Gasteiger partial charge in [-0.2, -0.15) is 0 Å². The van der Waals surface area contributed by atoms with Gasteiger partial charge in [0.2, 0.25) is 0 Å². The van der Waals surface area contributed by atoms with Crippen LogP contribution in [0.4, 0.5) is 0 Å². The van der Waals surface area contributed by atoms with Crippen LogP contribution in [-0.2, 0) is 12.8 Å². The molecular formula is C40H28BClN2O2S2. The molecule has 10 rings (SSSR count). The van der Waals surface area contributed by atoms with Crippen LogP contribution in [0.2, 0.25) is 4.47 Å². The molecule has 0 bridgehead atoms. The highest BCUT2D eigenvalue weighted by Crippen LogP contribution is 2.43. The first-order valence-corrected chi connectivity index (χ1v) is 17.7. The van der Waals surface area contributed by atoms with Gasteiger partial charge in [0.05, 0.1) is 20.4 Å². The third kappa shape index (κ3) is 5.85. The number of para-hydroxylation sites is 2. The average Bonchev–Trinajstić information content (AvgIpc) is 3.90. The van der Waals surface area contributed by atoms with Crippen molar-refractivity contribution >= 4 is 67.3 Å². The molecular weight excluding hydrogens is 651 g/mol. The minimum atomic E-state index is -1.38. The summed E-state index contributed by atoms with van der Waals surface area (Å²) in [6.45, 7) is 0. The molecule has 232 valence electrons. The number of hydrogen-bond donors (Lipinski definition) is 2. The molecule has 2 aromatic heterocycles. The lowest BCUT2D eigenvalue weighted by molar-refractivity contribution is 0.425. The van der Waals surface area contributed by atoms with E-state index in [0.29, 0.717) is 9.93 Å². The molecule has 2 aliphatic rings. The van der Waals surface area contributed by atoms with Crippen molar-refractivity contribution in [2.24, 2.45) is 0 Å². The van der Waals surface area contributed by atoms with Crippen molar-refractivity contribution in [3.05, 3.63) is 160 Å². The molecule has 8 heteroatoms. The molecule has 2 heterocycles. The van der Waals surface area contributed by atoms with Gasteiger partial charge >= 0.3 is 7.12 Å². The van der Waals surface area contributed by atoms with Crippen molar-refractivity contribution in [3.63, 3.8) is 0 Å². The second-order valence-corrected chi connectivity index (χ2v) is 14.3. The van der Waals surface area contributed by atoms with Crippen molar-refractivity contribution in [1.29, 1.82) is 0 Å². The molecule has 48 heavy (non-hydrogen) atoms. The summed E-state index contributed by atoms with van der Waals surface area (Å²) in [6.07, 6.45) is 1.80. The van der Waals surface area contributed by atoms with Crippen molar-refractivity contribution in [2.45, 2.75) is 12.8 Å². The number of benzene rings is 6. The minimum absolute atomic E-state index is 0.612. The SMILES string of the molecule is Clc1nc2ccccc2s1.OB(O)c1cccc2c1Cc1ccccc1-2.c1ccc2c(c1)Cc1c(-c3nc4ccccc4s3)cccc1-2. The van der Waals surface area contributed by atoms with Gasteiger partial charge in [0.15, 0.2) is 4.47 Å². The van der Waals surface area contributed by atoms with Gasteiger partial charge in [-0.3, -0.25) is 0 Å². The lowest BCUT2D eigenvalue weighted by Crippen LogP contribution is -2.32. The number of nitrogens with zero attached hydrogens (tertiary/aromatic N) is 2. The Labute approximate surface area is 291 Å². The first-order chi connectivity index (χ1) is 23.5. The molecule has 0 saturated heterocycles.